The Bertz CT molecular complexity index is 152. The van der Waals surface area contributed by atoms with E-state index in [2.05, 4.69) is 12.2 Å². The SMILES string of the molecule is CC(CO)C(C)N[C@H]1CCC[C@@H]1O. The van der Waals surface area contributed by atoms with E-state index in [4.69, 9.17) is 5.11 Å². The predicted molar refractivity (Wildman–Crippen MR) is 52.5 cm³/mol. The third-order valence-corrected chi connectivity index (χ3v) is 3.10. The number of hydrogen-bond donors (Lipinski definition) is 3. The Morgan fingerprint density at radius 2 is 2.08 bits per heavy atom. The molecule has 0 heterocycles. The third-order valence-electron chi connectivity index (χ3n) is 3.10. The molecule has 0 saturated heterocycles. The van der Waals surface area contributed by atoms with Gasteiger partial charge in [-0.1, -0.05) is 6.92 Å². The maximum absolute atomic E-state index is 9.57. The number of hydrogen-bond acceptors (Lipinski definition) is 3. The summed E-state index contributed by atoms with van der Waals surface area (Å²) >= 11 is 0. The number of rotatable bonds is 4. The van der Waals surface area contributed by atoms with Crippen LogP contribution in [0.25, 0.3) is 0 Å². The van der Waals surface area contributed by atoms with Crippen molar-refractivity contribution in [3.8, 4) is 0 Å². The topological polar surface area (TPSA) is 52.5 Å². The van der Waals surface area contributed by atoms with Gasteiger partial charge in [0.05, 0.1) is 6.10 Å². The Labute approximate surface area is 80.2 Å². The van der Waals surface area contributed by atoms with E-state index in [9.17, 15) is 5.11 Å². The molecule has 1 aliphatic carbocycles. The molecule has 0 bridgehead atoms. The summed E-state index contributed by atoms with van der Waals surface area (Å²) in [6.07, 6.45) is 2.90. The van der Waals surface area contributed by atoms with Gasteiger partial charge in [0.25, 0.3) is 0 Å². The van der Waals surface area contributed by atoms with Crippen LogP contribution in [0.4, 0.5) is 0 Å². The highest BCUT2D eigenvalue weighted by molar-refractivity contribution is 4.85. The summed E-state index contributed by atoms with van der Waals surface area (Å²) in [5.41, 5.74) is 0. The highest BCUT2D eigenvalue weighted by Gasteiger charge is 2.27. The van der Waals surface area contributed by atoms with E-state index in [0.717, 1.165) is 19.3 Å². The molecule has 1 fully saturated rings. The summed E-state index contributed by atoms with van der Waals surface area (Å²) in [5.74, 6) is 0.257. The first-order valence-electron chi connectivity index (χ1n) is 5.20. The molecule has 0 amide bonds. The molecule has 4 atom stereocenters. The second kappa shape index (κ2) is 4.94. The quantitative estimate of drug-likeness (QED) is 0.601. The Hall–Kier alpha value is -0.120. The molecule has 1 rings (SSSR count). The van der Waals surface area contributed by atoms with Crippen LogP contribution >= 0.6 is 0 Å². The molecule has 13 heavy (non-hydrogen) atoms. The third kappa shape index (κ3) is 2.93. The maximum atomic E-state index is 9.57. The fraction of sp³-hybridized carbons (Fsp3) is 1.00. The molecule has 0 aliphatic heterocycles. The second-order valence-corrected chi connectivity index (χ2v) is 4.22. The minimum atomic E-state index is -0.187. The molecule has 0 radical (unpaired) electrons. The Morgan fingerprint density at radius 3 is 2.54 bits per heavy atom. The van der Waals surface area contributed by atoms with E-state index in [1.54, 1.807) is 0 Å². The van der Waals surface area contributed by atoms with Crippen LogP contribution in [0.5, 0.6) is 0 Å². The Morgan fingerprint density at radius 1 is 1.38 bits per heavy atom. The lowest BCUT2D eigenvalue weighted by Gasteiger charge is -2.25. The van der Waals surface area contributed by atoms with Gasteiger partial charge < -0.3 is 15.5 Å². The fourth-order valence-electron chi connectivity index (χ4n) is 1.79. The fourth-order valence-corrected chi connectivity index (χ4v) is 1.79. The maximum Gasteiger partial charge on any atom is 0.0693 e. The zero-order valence-electron chi connectivity index (χ0n) is 8.53. The highest BCUT2D eigenvalue weighted by Crippen LogP contribution is 2.20. The normalized spacial score (nSPS) is 33.2. The van der Waals surface area contributed by atoms with Gasteiger partial charge >= 0.3 is 0 Å². The molecule has 3 N–H and O–H groups in total. The van der Waals surface area contributed by atoms with Crippen molar-refractivity contribution in [2.75, 3.05) is 6.61 Å². The molecule has 3 heteroatoms. The summed E-state index contributed by atoms with van der Waals surface area (Å²) in [5, 5.41) is 21.9. The predicted octanol–water partition coefficient (Wildman–Crippen LogP) is 0.506. The molecule has 3 nitrogen and oxygen atoms in total. The van der Waals surface area contributed by atoms with Crippen molar-refractivity contribution in [3.05, 3.63) is 0 Å². The molecule has 2 unspecified atom stereocenters. The van der Waals surface area contributed by atoms with E-state index in [-0.39, 0.29) is 30.7 Å². The minimum Gasteiger partial charge on any atom is -0.396 e. The first-order chi connectivity index (χ1) is 6.15. The summed E-state index contributed by atoms with van der Waals surface area (Å²) in [6, 6.07) is 0.520. The van der Waals surface area contributed by atoms with Crippen molar-refractivity contribution in [3.63, 3.8) is 0 Å². The standard InChI is InChI=1S/C10H21NO2/c1-7(6-12)8(2)11-9-4-3-5-10(9)13/h7-13H,3-6H2,1-2H3/t7?,8?,9-,10-/m0/s1. The molecule has 0 aromatic heterocycles. The Balaban J connectivity index is 2.30. The highest BCUT2D eigenvalue weighted by atomic mass is 16.3. The molecule has 1 saturated carbocycles. The van der Waals surface area contributed by atoms with E-state index in [1.165, 1.54) is 0 Å². The first-order valence-corrected chi connectivity index (χ1v) is 5.20. The van der Waals surface area contributed by atoms with E-state index in [1.807, 2.05) is 6.92 Å². The van der Waals surface area contributed by atoms with Crippen LogP contribution in [0.1, 0.15) is 33.1 Å². The van der Waals surface area contributed by atoms with Gasteiger partial charge in [0.15, 0.2) is 0 Å². The van der Waals surface area contributed by atoms with Crippen molar-refractivity contribution in [1.29, 1.82) is 0 Å². The van der Waals surface area contributed by atoms with Gasteiger partial charge in [-0.25, -0.2) is 0 Å². The van der Waals surface area contributed by atoms with E-state index < -0.39 is 0 Å². The molecule has 0 spiro atoms. The lowest BCUT2D eigenvalue weighted by Crippen LogP contribution is -2.44. The minimum absolute atomic E-state index is 0.187. The smallest absolute Gasteiger partial charge is 0.0693 e. The van der Waals surface area contributed by atoms with Gasteiger partial charge in [0.2, 0.25) is 0 Å². The van der Waals surface area contributed by atoms with Gasteiger partial charge in [-0.15, -0.1) is 0 Å². The van der Waals surface area contributed by atoms with Gasteiger partial charge in [-0.05, 0) is 32.1 Å². The molecule has 0 aromatic rings. The van der Waals surface area contributed by atoms with Gasteiger partial charge in [-0.2, -0.15) is 0 Å². The average molecular weight is 187 g/mol. The van der Waals surface area contributed by atoms with Crippen LogP contribution in [0.2, 0.25) is 0 Å². The summed E-state index contributed by atoms with van der Waals surface area (Å²) < 4.78 is 0. The van der Waals surface area contributed by atoms with Gasteiger partial charge in [-0.3, -0.25) is 0 Å². The number of nitrogens with one attached hydrogen (secondary N) is 1. The van der Waals surface area contributed by atoms with Crippen molar-refractivity contribution in [1.82, 2.24) is 5.32 Å². The zero-order valence-corrected chi connectivity index (χ0v) is 8.53. The van der Waals surface area contributed by atoms with Crippen molar-refractivity contribution < 1.29 is 10.2 Å². The zero-order chi connectivity index (χ0) is 9.84. The summed E-state index contributed by atoms with van der Waals surface area (Å²) in [4.78, 5) is 0. The van der Waals surface area contributed by atoms with Crippen LogP contribution in [0, 0.1) is 5.92 Å². The lowest BCUT2D eigenvalue weighted by atomic mass is 10.0. The molecule has 1 aliphatic rings. The van der Waals surface area contributed by atoms with Crippen molar-refractivity contribution in [2.45, 2.75) is 51.3 Å². The average Bonchev–Trinajstić information content (AvgIpc) is 2.50. The van der Waals surface area contributed by atoms with Gasteiger partial charge in [0, 0.05) is 18.7 Å². The molecular formula is C10H21NO2. The monoisotopic (exact) mass is 187 g/mol. The van der Waals surface area contributed by atoms with Crippen LogP contribution in [-0.2, 0) is 0 Å². The van der Waals surface area contributed by atoms with Crippen molar-refractivity contribution >= 4 is 0 Å². The van der Waals surface area contributed by atoms with Crippen LogP contribution in [-0.4, -0.2) is 35.0 Å². The van der Waals surface area contributed by atoms with Crippen molar-refractivity contribution in [2.24, 2.45) is 5.92 Å². The largest absolute Gasteiger partial charge is 0.396 e. The lowest BCUT2D eigenvalue weighted by molar-refractivity contribution is 0.129. The molecular weight excluding hydrogens is 166 g/mol. The molecule has 0 aromatic carbocycles. The van der Waals surface area contributed by atoms with Gasteiger partial charge in [0.1, 0.15) is 0 Å². The Kier molecular flexibility index (Phi) is 4.16. The van der Waals surface area contributed by atoms with E-state index in [0.29, 0.717) is 0 Å². The first kappa shape index (κ1) is 11.0. The summed E-state index contributed by atoms with van der Waals surface area (Å²) in [7, 11) is 0. The van der Waals surface area contributed by atoms with Crippen LogP contribution in [0.15, 0.2) is 0 Å². The summed E-state index contributed by atoms with van der Waals surface area (Å²) in [6.45, 7) is 4.28. The number of aliphatic hydroxyl groups is 2. The van der Waals surface area contributed by atoms with Crippen LogP contribution < -0.4 is 5.32 Å². The number of aliphatic hydroxyl groups excluding tert-OH is 2. The van der Waals surface area contributed by atoms with Crippen LogP contribution in [0.3, 0.4) is 0 Å². The second-order valence-electron chi connectivity index (χ2n) is 4.22. The molecule has 78 valence electrons. The van der Waals surface area contributed by atoms with E-state index >= 15 is 0 Å².